The zero-order chi connectivity index (χ0) is 54.3. The molecule has 6 heteroatoms. The largest absolute Gasteiger partial charge is 0.466 e. The fourth-order valence-corrected chi connectivity index (χ4v) is 11.1. The molecule has 0 rings (SSSR count). The molecule has 0 aliphatic rings. The first-order valence-corrected chi connectivity index (χ1v) is 34.5. The van der Waals surface area contributed by atoms with Crippen molar-refractivity contribution in [3.8, 4) is 0 Å². The number of ether oxygens (including phenoxy) is 1. The molecule has 0 fully saturated rings. The molecule has 0 aromatic heterocycles. The van der Waals surface area contributed by atoms with Crippen LogP contribution in [0.5, 0.6) is 0 Å². The lowest BCUT2D eigenvalue weighted by molar-refractivity contribution is -0.143. The number of aliphatic hydroxyl groups is 2. The molecule has 0 saturated carbocycles. The molecule has 0 aromatic rings. The summed E-state index contributed by atoms with van der Waals surface area (Å²) in [4.78, 5) is 24.6. The van der Waals surface area contributed by atoms with Crippen molar-refractivity contribution in [2.24, 2.45) is 0 Å². The quantitative estimate of drug-likeness (QED) is 0.0320. The van der Waals surface area contributed by atoms with E-state index in [0.29, 0.717) is 19.4 Å². The first kappa shape index (κ1) is 73.6. The minimum Gasteiger partial charge on any atom is -0.466 e. The first-order valence-electron chi connectivity index (χ1n) is 34.5. The number of rotatable bonds is 65. The Morgan fingerprint density at radius 1 is 0.360 bits per heavy atom. The van der Waals surface area contributed by atoms with Gasteiger partial charge in [0.2, 0.25) is 5.91 Å². The van der Waals surface area contributed by atoms with Gasteiger partial charge in [-0.25, -0.2) is 0 Å². The Bertz CT molecular complexity index is 1130. The van der Waals surface area contributed by atoms with Gasteiger partial charge in [0.15, 0.2) is 0 Å². The molecule has 446 valence electrons. The van der Waals surface area contributed by atoms with Crippen molar-refractivity contribution >= 4 is 11.9 Å². The summed E-state index contributed by atoms with van der Waals surface area (Å²) in [6, 6.07) is -0.628. The maximum absolute atomic E-state index is 12.5. The highest BCUT2D eigenvalue weighted by Crippen LogP contribution is 2.19. The normalized spacial score (nSPS) is 12.5. The van der Waals surface area contributed by atoms with E-state index in [1.165, 1.54) is 327 Å². The van der Waals surface area contributed by atoms with E-state index in [9.17, 15) is 19.8 Å². The van der Waals surface area contributed by atoms with Crippen molar-refractivity contribution in [3.05, 3.63) is 12.2 Å². The number of nitrogens with one attached hydrogen (secondary N) is 1. The van der Waals surface area contributed by atoms with E-state index in [0.717, 1.165) is 38.5 Å². The van der Waals surface area contributed by atoms with E-state index >= 15 is 0 Å². The van der Waals surface area contributed by atoms with Crippen molar-refractivity contribution in [2.45, 2.75) is 405 Å². The molecule has 2 unspecified atom stereocenters. The number of allylic oxidation sites excluding steroid dienone is 1. The van der Waals surface area contributed by atoms with Crippen molar-refractivity contribution in [3.63, 3.8) is 0 Å². The molecule has 3 N–H and O–H groups in total. The van der Waals surface area contributed by atoms with Crippen LogP contribution in [0.4, 0.5) is 0 Å². The third kappa shape index (κ3) is 61.7. The number of aliphatic hydroxyl groups excluding tert-OH is 2. The molecule has 0 radical (unpaired) electrons. The van der Waals surface area contributed by atoms with Crippen LogP contribution in [0.3, 0.4) is 0 Å². The van der Waals surface area contributed by atoms with Gasteiger partial charge in [0.05, 0.1) is 25.4 Å². The van der Waals surface area contributed by atoms with Crippen molar-refractivity contribution in [1.82, 2.24) is 5.32 Å². The van der Waals surface area contributed by atoms with Crippen LogP contribution in [-0.2, 0) is 14.3 Å². The highest BCUT2D eigenvalue weighted by atomic mass is 16.5. The minimum absolute atomic E-state index is 0.0173. The molecule has 1 amide bonds. The third-order valence-electron chi connectivity index (χ3n) is 16.3. The summed E-state index contributed by atoms with van der Waals surface area (Å²) in [6.07, 6.45) is 79.9. The fraction of sp³-hybridized carbons (Fsp3) is 0.942. The lowest BCUT2D eigenvalue weighted by atomic mass is 10.0. The van der Waals surface area contributed by atoms with E-state index in [-0.39, 0.29) is 18.5 Å². The lowest BCUT2D eigenvalue weighted by Crippen LogP contribution is -2.45. The number of esters is 1. The standard InChI is InChI=1S/C69H135NO5/c1-3-5-7-9-11-13-15-17-19-21-26-31-35-39-43-47-51-55-59-63-69(74)75-64-60-56-52-48-44-40-36-32-28-25-23-24-27-30-34-38-42-46-50-54-58-62-68(73)70-66(65-71)67(72)61-57-53-49-45-41-37-33-29-22-20-18-16-14-12-10-8-6-4-2/h57,61,66-67,71-72H,3-56,58-60,62-65H2,1-2H3,(H,70,73)/b61-57+. The zero-order valence-corrected chi connectivity index (χ0v) is 51.1. The fourth-order valence-electron chi connectivity index (χ4n) is 11.1. The molecule has 2 atom stereocenters. The number of amides is 1. The van der Waals surface area contributed by atoms with Gasteiger partial charge < -0.3 is 20.3 Å². The molecule has 0 heterocycles. The summed E-state index contributed by atoms with van der Waals surface area (Å²) in [7, 11) is 0. The predicted molar refractivity (Wildman–Crippen MR) is 329 cm³/mol. The second kappa shape index (κ2) is 65.1. The molecule has 0 aromatic carbocycles. The van der Waals surface area contributed by atoms with Crippen LogP contribution >= 0.6 is 0 Å². The zero-order valence-electron chi connectivity index (χ0n) is 51.1. The van der Waals surface area contributed by atoms with E-state index in [4.69, 9.17) is 4.74 Å². The third-order valence-corrected chi connectivity index (χ3v) is 16.3. The number of carbonyl (C=O) groups is 2. The number of carbonyl (C=O) groups excluding carboxylic acids is 2. The van der Waals surface area contributed by atoms with E-state index in [1.54, 1.807) is 6.08 Å². The summed E-state index contributed by atoms with van der Waals surface area (Å²) >= 11 is 0. The molecule has 0 spiro atoms. The van der Waals surface area contributed by atoms with Crippen LogP contribution in [0.2, 0.25) is 0 Å². The number of unbranched alkanes of at least 4 members (excludes halogenated alkanes) is 54. The second-order valence-corrected chi connectivity index (χ2v) is 23.9. The van der Waals surface area contributed by atoms with Crippen LogP contribution in [0.1, 0.15) is 393 Å². The molecule has 0 saturated heterocycles. The molecular formula is C69H135NO5. The van der Waals surface area contributed by atoms with Crippen molar-refractivity contribution in [1.29, 1.82) is 0 Å². The summed E-state index contributed by atoms with van der Waals surface area (Å²) in [5.74, 6) is -0.0478. The monoisotopic (exact) mass is 1060 g/mol. The van der Waals surface area contributed by atoms with Crippen LogP contribution < -0.4 is 5.32 Å². The average molecular weight is 1060 g/mol. The van der Waals surface area contributed by atoms with Gasteiger partial charge in [0.1, 0.15) is 0 Å². The summed E-state index contributed by atoms with van der Waals surface area (Å²) in [5, 5.41) is 23.2. The van der Waals surface area contributed by atoms with Crippen LogP contribution in [0.25, 0.3) is 0 Å². The molecule has 6 nitrogen and oxygen atoms in total. The van der Waals surface area contributed by atoms with Gasteiger partial charge >= 0.3 is 5.97 Å². The van der Waals surface area contributed by atoms with Crippen LogP contribution in [-0.4, -0.2) is 47.4 Å². The molecular weight excluding hydrogens is 923 g/mol. The Morgan fingerprint density at radius 3 is 0.907 bits per heavy atom. The SMILES string of the molecule is CCCCCCCCCCCCCCCCCC/C=C/C(O)C(CO)NC(=O)CCCCCCCCCCCCCCCCCCCCCCCOC(=O)CCCCCCCCCCCCCCCCCCCCC. The van der Waals surface area contributed by atoms with Gasteiger partial charge in [-0.2, -0.15) is 0 Å². The van der Waals surface area contributed by atoms with E-state index < -0.39 is 12.1 Å². The minimum atomic E-state index is -0.845. The smallest absolute Gasteiger partial charge is 0.305 e. The molecule has 0 aliphatic heterocycles. The topological polar surface area (TPSA) is 95.9 Å². The maximum Gasteiger partial charge on any atom is 0.305 e. The lowest BCUT2D eigenvalue weighted by Gasteiger charge is -2.20. The van der Waals surface area contributed by atoms with Crippen LogP contribution in [0.15, 0.2) is 12.2 Å². The Hall–Kier alpha value is -1.40. The summed E-state index contributed by atoms with van der Waals surface area (Å²) in [6.45, 7) is 4.95. The number of hydrogen-bond donors (Lipinski definition) is 3. The maximum atomic E-state index is 12.5. The van der Waals surface area contributed by atoms with Crippen LogP contribution in [0, 0.1) is 0 Å². The highest BCUT2D eigenvalue weighted by molar-refractivity contribution is 5.76. The molecule has 0 aliphatic carbocycles. The van der Waals surface area contributed by atoms with Gasteiger partial charge in [0, 0.05) is 12.8 Å². The summed E-state index contributed by atoms with van der Waals surface area (Å²) < 4.78 is 5.51. The predicted octanol–water partition coefficient (Wildman–Crippen LogP) is 22.0. The van der Waals surface area contributed by atoms with Gasteiger partial charge in [-0.3, -0.25) is 9.59 Å². The first-order chi connectivity index (χ1) is 37.0. The Morgan fingerprint density at radius 2 is 0.613 bits per heavy atom. The van der Waals surface area contributed by atoms with E-state index in [2.05, 4.69) is 19.2 Å². The molecule has 75 heavy (non-hydrogen) atoms. The van der Waals surface area contributed by atoms with Gasteiger partial charge in [-0.15, -0.1) is 0 Å². The summed E-state index contributed by atoms with van der Waals surface area (Å²) in [5.41, 5.74) is 0. The highest BCUT2D eigenvalue weighted by Gasteiger charge is 2.18. The molecule has 0 bridgehead atoms. The van der Waals surface area contributed by atoms with Gasteiger partial charge in [-0.05, 0) is 32.1 Å². The number of hydrogen-bond acceptors (Lipinski definition) is 5. The Labute approximate surface area is 469 Å². The second-order valence-electron chi connectivity index (χ2n) is 23.9. The van der Waals surface area contributed by atoms with E-state index in [1.807, 2.05) is 6.08 Å². The van der Waals surface area contributed by atoms with Gasteiger partial charge in [0.25, 0.3) is 0 Å². The van der Waals surface area contributed by atoms with Gasteiger partial charge in [-0.1, -0.05) is 360 Å². The Kier molecular flexibility index (Phi) is 63.9. The van der Waals surface area contributed by atoms with Crippen molar-refractivity contribution < 1.29 is 24.5 Å². The van der Waals surface area contributed by atoms with Crippen molar-refractivity contribution in [2.75, 3.05) is 13.2 Å². The average Bonchev–Trinajstić information content (AvgIpc) is 3.41. The Balaban J connectivity index is 3.38.